The Labute approximate surface area is 186 Å². The van der Waals surface area contributed by atoms with Gasteiger partial charge in [-0.15, -0.1) is 0 Å². The zero-order valence-electron chi connectivity index (χ0n) is 17.3. The van der Waals surface area contributed by atoms with Gasteiger partial charge in [0.05, 0.1) is 4.90 Å². The predicted molar refractivity (Wildman–Crippen MR) is 121 cm³/mol. The molecule has 0 bridgehead atoms. The van der Waals surface area contributed by atoms with Gasteiger partial charge in [-0.1, -0.05) is 18.2 Å². The minimum Gasteiger partial charge on any atom is -0.457 e. The molecule has 32 heavy (non-hydrogen) atoms. The Morgan fingerprint density at radius 2 is 1.69 bits per heavy atom. The maximum Gasteiger partial charge on any atom is 0.240 e. The number of rotatable bonds is 9. The van der Waals surface area contributed by atoms with E-state index < -0.39 is 10.0 Å². The van der Waals surface area contributed by atoms with E-state index in [0.717, 1.165) is 0 Å². The van der Waals surface area contributed by atoms with Crippen molar-refractivity contribution in [1.29, 1.82) is 0 Å². The lowest BCUT2D eigenvalue weighted by Gasteiger charge is -2.11. The molecule has 0 spiro atoms. The van der Waals surface area contributed by atoms with E-state index in [1.165, 1.54) is 12.1 Å². The summed E-state index contributed by atoms with van der Waals surface area (Å²) >= 11 is 0. The largest absolute Gasteiger partial charge is 0.457 e. The van der Waals surface area contributed by atoms with Crippen molar-refractivity contribution in [1.82, 2.24) is 24.5 Å². The molecule has 9 nitrogen and oxygen atoms in total. The minimum atomic E-state index is -3.65. The van der Waals surface area contributed by atoms with Crippen LogP contribution in [0.3, 0.4) is 0 Å². The first-order chi connectivity index (χ1) is 15.5. The summed E-state index contributed by atoms with van der Waals surface area (Å²) in [6.07, 6.45) is 3.45. The van der Waals surface area contributed by atoms with Gasteiger partial charge < -0.3 is 10.1 Å². The maximum atomic E-state index is 12.6. The summed E-state index contributed by atoms with van der Waals surface area (Å²) in [6, 6.07) is 19.1. The van der Waals surface area contributed by atoms with E-state index in [2.05, 4.69) is 25.1 Å². The average molecular weight is 451 g/mol. The summed E-state index contributed by atoms with van der Waals surface area (Å²) in [7, 11) is -3.65. The van der Waals surface area contributed by atoms with E-state index in [1.807, 2.05) is 30.3 Å². The number of aryl methyl sites for hydroxylation is 1. The van der Waals surface area contributed by atoms with Gasteiger partial charge in [-0.25, -0.2) is 27.8 Å². The van der Waals surface area contributed by atoms with Crippen LogP contribution in [0.25, 0.3) is 5.82 Å². The van der Waals surface area contributed by atoms with Gasteiger partial charge in [0, 0.05) is 31.5 Å². The summed E-state index contributed by atoms with van der Waals surface area (Å²) in [5.74, 6) is 3.04. The summed E-state index contributed by atoms with van der Waals surface area (Å²) in [4.78, 5) is 8.83. The fourth-order valence-electron chi connectivity index (χ4n) is 2.93. The number of aromatic nitrogens is 4. The highest BCUT2D eigenvalue weighted by atomic mass is 32.2. The molecule has 0 fully saturated rings. The Morgan fingerprint density at radius 1 is 0.938 bits per heavy atom. The highest BCUT2D eigenvalue weighted by molar-refractivity contribution is 7.89. The number of nitrogens with zero attached hydrogens (tertiary/aromatic N) is 4. The highest BCUT2D eigenvalue weighted by Crippen LogP contribution is 2.22. The lowest BCUT2D eigenvalue weighted by atomic mass is 10.3. The predicted octanol–water partition coefficient (Wildman–Crippen LogP) is 3.15. The van der Waals surface area contributed by atoms with Crippen LogP contribution in [0.4, 0.5) is 5.82 Å². The van der Waals surface area contributed by atoms with Crippen molar-refractivity contribution in [2.75, 3.05) is 18.4 Å². The van der Waals surface area contributed by atoms with E-state index in [-0.39, 0.29) is 11.4 Å². The fourth-order valence-corrected chi connectivity index (χ4v) is 3.97. The molecule has 0 aliphatic heterocycles. The van der Waals surface area contributed by atoms with Gasteiger partial charge in [0.1, 0.15) is 23.1 Å². The van der Waals surface area contributed by atoms with Crippen LogP contribution in [-0.2, 0) is 10.0 Å². The maximum absolute atomic E-state index is 12.6. The third kappa shape index (κ3) is 5.48. The lowest BCUT2D eigenvalue weighted by Crippen LogP contribution is -2.29. The molecule has 0 saturated heterocycles. The first-order valence-electron chi connectivity index (χ1n) is 9.92. The third-order valence-corrected chi connectivity index (χ3v) is 5.88. The number of benzene rings is 2. The highest BCUT2D eigenvalue weighted by Gasteiger charge is 2.13. The zero-order chi connectivity index (χ0) is 22.4. The van der Waals surface area contributed by atoms with Crippen molar-refractivity contribution in [3.05, 3.63) is 84.9 Å². The molecule has 0 amide bonds. The van der Waals surface area contributed by atoms with Crippen molar-refractivity contribution in [3.8, 4) is 17.3 Å². The van der Waals surface area contributed by atoms with E-state index >= 15 is 0 Å². The molecular formula is C22H22N6O3S. The summed E-state index contributed by atoms with van der Waals surface area (Å²) in [6.45, 7) is 2.32. The zero-order valence-corrected chi connectivity index (χ0v) is 18.2. The quantitative estimate of drug-likeness (QED) is 0.377. The van der Waals surface area contributed by atoms with Gasteiger partial charge in [0.15, 0.2) is 5.82 Å². The summed E-state index contributed by atoms with van der Waals surface area (Å²) in [5.41, 5.74) is 0. The molecule has 2 aromatic heterocycles. The number of hydrogen-bond acceptors (Lipinski definition) is 7. The van der Waals surface area contributed by atoms with Crippen LogP contribution in [0.1, 0.15) is 5.82 Å². The second-order valence-electron chi connectivity index (χ2n) is 6.82. The SMILES string of the molecule is Cc1nc(NCCNS(=O)(=O)c2ccc(Oc3ccccc3)cc2)cc(-n2cccn2)n1. The monoisotopic (exact) mass is 450 g/mol. The minimum absolute atomic E-state index is 0.164. The van der Waals surface area contributed by atoms with Crippen molar-refractivity contribution in [2.24, 2.45) is 0 Å². The first kappa shape index (κ1) is 21.5. The molecule has 0 atom stereocenters. The number of anilines is 1. The Morgan fingerprint density at radius 3 is 2.41 bits per heavy atom. The summed E-state index contributed by atoms with van der Waals surface area (Å²) in [5, 5.41) is 7.27. The van der Waals surface area contributed by atoms with Crippen molar-refractivity contribution in [2.45, 2.75) is 11.8 Å². The molecule has 164 valence electrons. The number of para-hydroxylation sites is 1. The first-order valence-corrected chi connectivity index (χ1v) is 11.4. The van der Waals surface area contributed by atoms with Gasteiger partial charge in [-0.05, 0) is 49.4 Å². The van der Waals surface area contributed by atoms with Crippen LogP contribution >= 0.6 is 0 Å². The Bertz CT molecular complexity index is 1260. The molecule has 0 aliphatic rings. The van der Waals surface area contributed by atoms with Crippen LogP contribution < -0.4 is 14.8 Å². The molecule has 0 radical (unpaired) electrons. The molecule has 4 rings (SSSR count). The topological polar surface area (TPSA) is 111 Å². The fraction of sp³-hybridized carbons (Fsp3) is 0.136. The molecule has 0 aliphatic carbocycles. The Kier molecular flexibility index (Phi) is 6.43. The third-order valence-electron chi connectivity index (χ3n) is 4.40. The van der Waals surface area contributed by atoms with Crippen molar-refractivity contribution in [3.63, 3.8) is 0 Å². The van der Waals surface area contributed by atoms with Gasteiger partial charge in [-0.3, -0.25) is 0 Å². The molecule has 0 unspecified atom stereocenters. The number of ether oxygens (including phenoxy) is 1. The molecule has 0 saturated carbocycles. The standard InChI is InChI=1S/C22H22N6O3S/c1-17-26-21(16-22(27-17)28-15-5-12-24-28)23-13-14-25-32(29,30)20-10-8-19(9-11-20)31-18-6-3-2-4-7-18/h2-12,15-16,25H,13-14H2,1H3,(H,23,26,27). The number of sulfonamides is 1. The van der Waals surface area contributed by atoms with Crippen LogP contribution in [-0.4, -0.2) is 41.3 Å². The molecule has 2 heterocycles. The Hall–Kier alpha value is -3.76. The second-order valence-corrected chi connectivity index (χ2v) is 8.59. The Balaban J connectivity index is 1.32. The molecule has 4 aromatic rings. The van der Waals surface area contributed by atoms with E-state index in [9.17, 15) is 8.42 Å². The number of nitrogens with one attached hydrogen (secondary N) is 2. The second kappa shape index (κ2) is 9.58. The van der Waals surface area contributed by atoms with E-state index in [0.29, 0.717) is 35.5 Å². The van der Waals surface area contributed by atoms with Gasteiger partial charge in [0.25, 0.3) is 0 Å². The molecular weight excluding hydrogens is 428 g/mol. The van der Waals surface area contributed by atoms with Crippen molar-refractivity contribution < 1.29 is 13.2 Å². The molecule has 10 heteroatoms. The normalized spacial score (nSPS) is 11.3. The average Bonchev–Trinajstić information content (AvgIpc) is 3.33. The van der Waals surface area contributed by atoms with E-state index in [4.69, 9.17) is 4.74 Å². The smallest absolute Gasteiger partial charge is 0.240 e. The van der Waals surface area contributed by atoms with Crippen molar-refractivity contribution >= 4 is 15.8 Å². The van der Waals surface area contributed by atoms with Crippen LogP contribution in [0.5, 0.6) is 11.5 Å². The van der Waals surface area contributed by atoms with Gasteiger partial charge >= 0.3 is 0 Å². The van der Waals surface area contributed by atoms with Gasteiger partial charge in [-0.2, -0.15) is 5.10 Å². The number of hydrogen-bond donors (Lipinski definition) is 2. The lowest BCUT2D eigenvalue weighted by molar-refractivity contribution is 0.482. The molecule has 2 aromatic carbocycles. The summed E-state index contributed by atoms with van der Waals surface area (Å²) < 4.78 is 35.0. The van der Waals surface area contributed by atoms with Gasteiger partial charge in [0.2, 0.25) is 10.0 Å². The van der Waals surface area contributed by atoms with Crippen LogP contribution in [0, 0.1) is 6.92 Å². The van der Waals surface area contributed by atoms with Crippen LogP contribution in [0.2, 0.25) is 0 Å². The van der Waals surface area contributed by atoms with Crippen LogP contribution in [0.15, 0.2) is 84.0 Å². The van der Waals surface area contributed by atoms with E-state index in [1.54, 1.807) is 48.3 Å². The molecule has 2 N–H and O–H groups in total.